The summed E-state index contributed by atoms with van der Waals surface area (Å²) in [7, 11) is 0. The van der Waals surface area contributed by atoms with E-state index in [1.54, 1.807) is 6.92 Å². The molecule has 1 heterocycles. The van der Waals surface area contributed by atoms with Crippen LogP contribution in [0.3, 0.4) is 0 Å². The zero-order chi connectivity index (χ0) is 20.9. The minimum absolute atomic E-state index is 0.307. The molecule has 0 aliphatic carbocycles. The summed E-state index contributed by atoms with van der Waals surface area (Å²) in [6.45, 7) is 0.977. The maximum absolute atomic E-state index is 13.0. The maximum Gasteiger partial charge on any atom is 0.317 e. The zero-order valence-corrected chi connectivity index (χ0v) is 16.7. The SMILES string of the molecule is C[C@@](Cc1nc2ccccc2s1)(C(=O)OCC(=O)NCC(N)=O)c1ccccc1. The van der Waals surface area contributed by atoms with Crippen LogP contribution in [0.4, 0.5) is 0 Å². The van der Waals surface area contributed by atoms with Crippen LogP contribution in [0, 0.1) is 0 Å². The van der Waals surface area contributed by atoms with Crippen molar-refractivity contribution >= 4 is 39.3 Å². The Balaban J connectivity index is 1.81. The van der Waals surface area contributed by atoms with Crippen LogP contribution < -0.4 is 11.1 Å². The lowest BCUT2D eigenvalue weighted by molar-refractivity contribution is -0.154. The van der Waals surface area contributed by atoms with Gasteiger partial charge < -0.3 is 15.8 Å². The number of carbonyl (C=O) groups excluding carboxylic acids is 3. The number of para-hydroxylation sites is 1. The smallest absolute Gasteiger partial charge is 0.317 e. The lowest BCUT2D eigenvalue weighted by Crippen LogP contribution is -2.40. The molecule has 1 aromatic heterocycles. The van der Waals surface area contributed by atoms with Gasteiger partial charge in [-0.05, 0) is 24.6 Å². The predicted octanol–water partition coefficient (Wildman–Crippen LogP) is 1.94. The maximum atomic E-state index is 13.0. The Morgan fingerprint density at radius 3 is 2.48 bits per heavy atom. The van der Waals surface area contributed by atoms with Crippen LogP contribution in [-0.2, 0) is 31.0 Å². The highest BCUT2D eigenvalue weighted by atomic mass is 32.1. The van der Waals surface area contributed by atoms with Gasteiger partial charge in [0.15, 0.2) is 6.61 Å². The average molecular weight is 411 g/mol. The molecule has 2 aromatic carbocycles. The van der Waals surface area contributed by atoms with Crippen LogP contribution in [0.15, 0.2) is 54.6 Å². The van der Waals surface area contributed by atoms with Crippen LogP contribution >= 0.6 is 11.3 Å². The number of hydrogen-bond acceptors (Lipinski definition) is 6. The van der Waals surface area contributed by atoms with Gasteiger partial charge in [-0.15, -0.1) is 11.3 Å². The van der Waals surface area contributed by atoms with Gasteiger partial charge >= 0.3 is 5.97 Å². The van der Waals surface area contributed by atoms with Crippen LogP contribution in [0.1, 0.15) is 17.5 Å². The van der Waals surface area contributed by atoms with E-state index in [1.807, 2.05) is 54.6 Å². The molecule has 8 heteroatoms. The van der Waals surface area contributed by atoms with Gasteiger partial charge in [-0.1, -0.05) is 42.5 Å². The number of esters is 1. The Labute approximate surface area is 171 Å². The van der Waals surface area contributed by atoms with Gasteiger partial charge in [0.25, 0.3) is 5.91 Å². The topological polar surface area (TPSA) is 111 Å². The van der Waals surface area contributed by atoms with Crippen molar-refractivity contribution in [3.8, 4) is 0 Å². The molecule has 3 aromatic rings. The van der Waals surface area contributed by atoms with E-state index in [0.717, 1.165) is 20.8 Å². The van der Waals surface area contributed by atoms with E-state index in [0.29, 0.717) is 6.42 Å². The molecule has 3 rings (SSSR count). The second-order valence-electron chi connectivity index (χ2n) is 6.77. The lowest BCUT2D eigenvalue weighted by Gasteiger charge is -2.27. The quantitative estimate of drug-likeness (QED) is 0.550. The molecule has 1 atom stereocenters. The first-order chi connectivity index (χ1) is 13.9. The van der Waals surface area contributed by atoms with E-state index in [9.17, 15) is 14.4 Å². The van der Waals surface area contributed by atoms with Crippen molar-refractivity contribution in [2.45, 2.75) is 18.8 Å². The number of nitrogens with one attached hydrogen (secondary N) is 1. The molecule has 0 aliphatic heterocycles. The molecule has 0 radical (unpaired) electrons. The molecule has 2 amide bonds. The number of amides is 2. The molecule has 0 aliphatic rings. The lowest BCUT2D eigenvalue weighted by atomic mass is 9.79. The van der Waals surface area contributed by atoms with Gasteiger partial charge in [-0.25, -0.2) is 4.98 Å². The second kappa shape index (κ2) is 8.83. The fourth-order valence-corrected chi connectivity index (χ4v) is 4.05. The molecule has 3 N–H and O–H groups in total. The molecule has 0 unspecified atom stereocenters. The van der Waals surface area contributed by atoms with Crippen molar-refractivity contribution in [3.05, 3.63) is 65.2 Å². The number of fused-ring (bicyclic) bond motifs is 1. The number of carbonyl (C=O) groups is 3. The van der Waals surface area contributed by atoms with E-state index < -0.39 is 29.8 Å². The highest BCUT2D eigenvalue weighted by Gasteiger charge is 2.38. The Morgan fingerprint density at radius 2 is 1.79 bits per heavy atom. The Bertz CT molecular complexity index is 1000. The fourth-order valence-electron chi connectivity index (χ4n) is 2.92. The number of nitrogens with zero attached hydrogens (tertiary/aromatic N) is 1. The number of ether oxygens (including phenoxy) is 1. The third-order valence-corrected chi connectivity index (χ3v) is 5.53. The van der Waals surface area contributed by atoms with Gasteiger partial charge in [0.1, 0.15) is 0 Å². The zero-order valence-electron chi connectivity index (χ0n) is 15.9. The highest BCUT2D eigenvalue weighted by molar-refractivity contribution is 7.18. The van der Waals surface area contributed by atoms with Crippen LogP contribution in [0.2, 0.25) is 0 Å². The highest BCUT2D eigenvalue weighted by Crippen LogP contribution is 2.33. The summed E-state index contributed by atoms with van der Waals surface area (Å²) in [6.07, 6.45) is 0.331. The van der Waals surface area contributed by atoms with Gasteiger partial charge in [0.05, 0.1) is 27.2 Å². The molecule has 0 bridgehead atoms. The minimum Gasteiger partial charge on any atom is -0.455 e. The Hall–Kier alpha value is -3.26. The van der Waals surface area contributed by atoms with E-state index in [-0.39, 0.29) is 6.54 Å². The first kappa shape index (κ1) is 20.5. The normalized spacial score (nSPS) is 12.9. The second-order valence-corrected chi connectivity index (χ2v) is 7.88. The minimum atomic E-state index is -1.03. The standard InChI is InChI=1S/C21H21N3O4S/c1-21(14-7-3-2-4-8-14,20(27)28-13-18(26)23-12-17(22)25)11-19-24-15-9-5-6-10-16(15)29-19/h2-10H,11-13H2,1H3,(H2,22,25)(H,23,26)/t21-/m0/s1. The number of aromatic nitrogens is 1. The summed E-state index contributed by atoms with van der Waals surface area (Å²) < 4.78 is 6.31. The van der Waals surface area contributed by atoms with Gasteiger partial charge in [0.2, 0.25) is 5.91 Å². The largest absolute Gasteiger partial charge is 0.455 e. The summed E-state index contributed by atoms with van der Waals surface area (Å²) in [5, 5.41) is 3.09. The molecule has 0 fully saturated rings. The van der Waals surface area contributed by atoms with Crippen LogP contribution in [-0.4, -0.2) is 35.9 Å². The van der Waals surface area contributed by atoms with Gasteiger partial charge in [-0.2, -0.15) is 0 Å². The predicted molar refractivity (Wildman–Crippen MR) is 110 cm³/mol. The molecular formula is C21H21N3O4S. The number of thiazole rings is 1. The number of hydrogen-bond donors (Lipinski definition) is 2. The van der Waals surface area contributed by atoms with Crippen LogP contribution in [0.5, 0.6) is 0 Å². The summed E-state index contributed by atoms with van der Waals surface area (Å²) in [5.74, 6) is -1.81. The summed E-state index contributed by atoms with van der Waals surface area (Å²) in [5.41, 5.74) is 5.61. The number of benzene rings is 2. The molecule has 150 valence electrons. The number of nitrogens with two attached hydrogens (primary N) is 1. The van der Waals surface area contributed by atoms with E-state index in [4.69, 9.17) is 10.5 Å². The number of primary amides is 1. The average Bonchev–Trinajstić information content (AvgIpc) is 3.13. The van der Waals surface area contributed by atoms with Crippen molar-refractivity contribution in [2.24, 2.45) is 5.73 Å². The first-order valence-corrected chi connectivity index (χ1v) is 9.82. The van der Waals surface area contributed by atoms with Gasteiger partial charge in [0, 0.05) is 6.42 Å². The van der Waals surface area contributed by atoms with Crippen molar-refractivity contribution in [1.29, 1.82) is 0 Å². The number of rotatable bonds is 8. The van der Waals surface area contributed by atoms with E-state index in [2.05, 4.69) is 10.3 Å². The Morgan fingerprint density at radius 1 is 1.10 bits per heavy atom. The fraction of sp³-hybridized carbons (Fsp3) is 0.238. The Kier molecular flexibility index (Phi) is 6.23. The molecule has 29 heavy (non-hydrogen) atoms. The van der Waals surface area contributed by atoms with Crippen LogP contribution in [0.25, 0.3) is 10.2 Å². The third-order valence-electron chi connectivity index (χ3n) is 4.50. The molecule has 0 saturated carbocycles. The van der Waals surface area contributed by atoms with E-state index in [1.165, 1.54) is 11.3 Å². The third kappa shape index (κ3) is 4.97. The first-order valence-electron chi connectivity index (χ1n) is 9.01. The molecule has 0 spiro atoms. The van der Waals surface area contributed by atoms with Gasteiger partial charge in [-0.3, -0.25) is 14.4 Å². The monoisotopic (exact) mass is 411 g/mol. The van der Waals surface area contributed by atoms with Crippen molar-refractivity contribution in [3.63, 3.8) is 0 Å². The van der Waals surface area contributed by atoms with Crippen molar-refractivity contribution < 1.29 is 19.1 Å². The molecule has 7 nitrogen and oxygen atoms in total. The van der Waals surface area contributed by atoms with E-state index >= 15 is 0 Å². The van der Waals surface area contributed by atoms with Crippen molar-refractivity contribution in [2.75, 3.05) is 13.2 Å². The van der Waals surface area contributed by atoms with Crippen molar-refractivity contribution in [1.82, 2.24) is 10.3 Å². The summed E-state index contributed by atoms with van der Waals surface area (Å²) in [4.78, 5) is 40.2. The molecule has 0 saturated heterocycles. The molecular weight excluding hydrogens is 390 g/mol. The summed E-state index contributed by atoms with van der Waals surface area (Å²) in [6, 6.07) is 17.0. The summed E-state index contributed by atoms with van der Waals surface area (Å²) >= 11 is 1.52.